The molecule has 1 radical (unpaired) electrons. The molecule has 1 atom stereocenters. The Hall–Kier alpha value is -3.18. The van der Waals surface area contributed by atoms with Crippen LogP contribution in [0.15, 0.2) is 30.5 Å². The molecule has 0 bridgehead atoms. The van der Waals surface area contributed by atoms with Crippen molar-refractivity contribution in [3.8, 4) is 17.3 Å². The zero-order valence-corrected chi connectivity index (χ0v) is 28.5. The van der Waals surface area contributed by atoms with E-state index in [2.05, 4.69) is 68.3 Å². The Morgan fingerprint density at radius 1 is 1.28 bits per heavy atom. The summed E-state index contributed by atoms with van der Waals surface area (Å²) in [7, 11) is 1.14. The number of hydrogen-bond acceptors (Lipinski definition) is 9. The van der Waals surface area contributed by atoms with Crippen molar-refractivity contribution in [3.05, 3.63) is 47.3 Å². The van der Waals surface area contributed by atoms with Crippen LogP contribution >= 0.6 is 13.5 Å². The number of anilines is 3. The Kier molecular flexibility index (Phi) is 10.9. The summed E-state index contributed by atoms with van der Waals surface area (Å²) >= 11 is 0. The van der Waals surface area contributed by atoms with Gasteiger partial charge in [-0.25, -0.2) is 14.6 Å². The maximum Gasteiger partial charge on any atom is 0.329 e. The van der Waals surface area contributed by atoms with Gasteiger partial charge in [0.2, 0.25) is 5.95 Å². The lowest BCUT2D eigenvalue weighted by molar-refractivity contribution is 0.189. The molecule has 13 heteroatoms. The predicted molar refractivity (Wildman–Crippen MR) is 180 cm³/mol. The maximum absolute atomic E-state index is 11.6. The lowest BCUT2D eigenvalue weighted by Gasteiger charge is -2.39. The number of nitriles is 1. The van der Waals surface area contributed by atoms with Crippen LogP contribution < -0.4 is 10.1 Å². The number of aryl methyl sites for hydroxylation is 2. The van der Waals surface area contributed by atoms with Crippen molar-refractivity contribution in [2.45, 2.75) is 71.1 Å². The summed E-state index contributed by atoms with van der Waals surface area (Å²) in [6.45, 7) is 17.6. The number of ether oxygens (including phenoxy) is 1. The third-order valence-corrected chi connectivity index (χ3v) is 12.8. The minimum atomic E-state index is -2.05. The highest BCUT2D eigenvalue weighted by Gasteiger charge is 2.44. The van der Waals surface area contributed by atoms with E-state index in [0.717, 1.165) is 40.9 Å². The molecule has 3 heterocycles. The van der Waals surface area contributed by atoms with Crippen molar-refractivity contribution < 1.29 is 14.0 Å². The molecule has 0 amide bonds. The monoisotopic (exact) mass is 620 g/mol. The first-order chi connectivity index (χ1) is 19.8. The van der Waals surface area contributed by atoms with Gasteiger partial charge < -0.3 is 24.1 Å². The van der Waals surface area contributed by atoms with Gasteiger partial charge >= 0.3 is 7.41 Å². The van der Waals surface area contributed by atoms with Crippen molar-refractivity contribution in [3.63, 3.8) is 0 Å². The Balaban J connectivity index is 0.00000506. The average Bonchev–Trinajstić information content (AvgIpc) is 3.43. The number of fused-ring (bicyclic) bond motifs is 1. The zero-order chi connectivity index (χ0) is 30.7. The smallest absolute Gasteiger partial charge is 0.329 e. The number of nitrogens with one attached hydrogen (secondary N) is 1. The van der Waals surface area contributed by atoms with Gasteiger partial charge in [0, 0.05) is 62.3 Å². The van der Waals surface area contributed by atoms with E-state index in [9.17, 15) is 10.1 Å². The van der Waals surface area contributed by atoms with E-state index in [1.54, 1.807) is 13.3 Å². The van der Waals surface area contributed by atoms with Gasteiger partial charge in [-0.1, -0.05) is 27.7 Å². The van der Waals surface area contributed by atoms with Crippen molar-refractivity contribution in [2.24, 2.45) is 0 Å². The van der Waals surface area contributed by atoms with Crippen LogP contribution in [0, 0.1) is 18.3 Å². The van der Waals surface area contributed by atoms with E-state index in [-0.39, 0.29) is 18.5 Å². The second-order valence-electron chi connectivity index (χ2n) is 12.7. The molecule has 0 unspecified atom stereocenters. The van der Waals surface area contributed by atoms with Gasteiger partial charge in [0.15, 0.2) is 8.32 Å². The number of aromatic nitrogens is 4. The fourth-order valence-corrected chi connectivity index (χ4v) is 6.04. The fraction of sp³-hybridized carbons (Fsp3) is 0.500. The Morgan fingerprint density at radius 3 is 2.67 bits per heavy atom. The topological polar surface area (TPSA) is 118 Å². The summed E-state index contributed by atoms with van der Waals surface area (Å²) in [6, 6.07) is 10.1. The molecular formula is C30H43BN7O3SSi. The van der Waals surface area contributed by atoms with Crippen LogP contribution in [-0.2, 0) is 25.9 Å². The number of benzene rings is 1. The minimum absolute atomic E-state index is 0. The van der Waals surface area contributed by atoms with E-state index in [4.69, 9.17) is 14.1 Å². The van der Waals surface area contributed by atoms with Gasteiger partial charge in [-0.2, -0.15) is 23.9 Å². The number of methoxy groups -OCH3 is 1. The van der Waals surface area contributed by atoms with Gasteiger partial charge in [-0.3, -0.25) is 0 Å². The SMILES string of the molecule is COCCCn1nc(C)cc1Nc1nccc(-c2cc(C#N)c3c(c2)[C@](C)(CO[Si](C)(C)C(C)(C)C)CN3[B]C=O)n1.S. The molecule has 3 aromatic rings. The summed E-state index contributed by atoms with van der Waals surface area (Å²) < 4.78 is 13.8. The standard InChI is InChI=1S/C30H41BN7O3Si.H2S/c1-21-14-26(38(36-21)12-9-13-40-6)35-28-33-11-10-25(34-28)22-15-23(17-32)27-24(16-22)30(5,18-37(27)31-20-39)19-41-42(7,8)29(2,3)4;/h10-11,14-16,20H,9,12-13,18-19H2,1-8H3,(H,33,34,35);1H2/t30-;/m0./s1. The third kappa shape index (κ3) is 7.49. The number of hydrogen-bond donors (Lipinski definition) is 1. The second-order valence-corrected chi connectivity index (χ2v) is 17.5. The number of carbonyl (C=O) groups is 1. The van der Waals surface area contributed by atoms with Gasteiger partial charge in [-0.15, -0.1) is 0 Å². The molecule has 10 nitrogen and oxygen atoms in total. The molecule has 0 saturated carbocycles. The molecule has 1 aromatic carbocycles. The van der Waals surface area contributed by atoms with Crippen LogP contribution in [0.5, 0.6) is 0 Å². The molecule has 2 aromatic heterocycles. The highest BCUT2D eigenvalue weighted by Crippen LogP contribution is 2.46. The molecule has 1 aliphatic rings. The van der Waals surface area contributed by atoms with E-state index in [0.29, 0.717) is 43.5 Å². The average molecular weight is 621 g/mol. The fourth-order valence-electron chi connectivity index (χ4n) is 4.93. The first-order valence-corrected chi connectivity index (χ1v) is 17.1. The number of rotatable bonds is 12. The molecule has 1 N–H and O–H groups in total. The van der Waals surface area contributed by atoms with Crippen molar-refractivity contribution in [1.29, 1.82) is 5.26 Å². The molecule has 0 spiro atoms. The number of carbonyl (C=O) groups excluding carboxylic acids is 1. The third-order valence-electron chi connectivity index (χ3n) is 8.30. The van der Waals surface area contributed by atoms with Gasteiger partial charge in [0.1, 0.15) is 18.1 Å². The van der Waals surface area contributed by atoms with Crippen LogP contribution in [-0.4, -0.2) is 68.5 Å². The molecule has 43 heavy (non-hydrogen) atoms. The molecule has 0 aliphatic carbocycles. The zero-order valence-electron chi connectivity index (χ0n) is 26.5. The minimum Gasteiger partial charge on any atom is -0.416 e. The Bertz CT molecular complexity index is 1490. The maximum atomic E-state index is 11.6. The predicted octanol–water partition coefficient (Wildman–Crippen LogP) is 5.32. The van der Waals surface area contributed by atoms with Crippen molar-refractivity contribution in [1.82, 2.24) is 19.7 Å². The lowest BCUT2D eigenvalue weighted by atomic mass is 9.83. The molecular weight excluding hydrogens is 577 g/mol. The lowest BCUT2D eigenvalue weighted by Crippen LogP contribution is -2.46. The van der Waals surface area contributed by atoms with E-state index in [1.165, 1.54) is 7.41 Å². The Morgan fingerprint density at radius 2 is 2.02 bits per heavy atom. The molecule has 0 fully saturated rings. The van der Waals surface area contributed by atoms with E-state index in [1.807, 2.05) is 34.6 Å². The molecule has 1 aliphatic heterocycles. The van der Waals surface area contributed by atoms with Crippen LogP contribution in [0.25, 0.3) is 11.3 Å². The van der Waals surface area contributed by atoms with Crippen LogP contribution in [0.1, 0.15) is 50.9 Å². The van der Waals surface area contributed by atoms with Crippen molar-refractivity contribution >= 4 is 52.9 Å². The summed E-state index contributed by atoms with van der Waals surface area (Å²) in [4.78, 5) is 22.7. The highest BCUT2D eigenvalue weighted by atomic mass is 32.1. The van der Waals surface area contributed by atoms with E-state index >= 15 is 0 Å². The quantitative estimate of drug-likeness (QED) is 0.163. The Labute approximate surface area is 264 Å². The largest absolute Gasteiger partial charge is 0.416 e. The summed E-state index contributed by atoms with van der Waals surface area (Å²) in [6.07, 6.45) is 3.30. The number of nitrogens with zero attached hydrogens (tertiary/aromatic N) is 6. The van der Waals surface area contributed by atoms with Crippen LogP contribution in [0.2, 0.25) is 18.1 Å². The van der Waals surface area contributed by atoms with Gasteiger partial charge in [-0.05, 0) is 55.2 Å². The molecule has 229 valence electrons. The van der Waals surface area contributed by atoms with Crippen LogP contribution in [0.3, 0.4) is 0 Å². The normalized spacial score (nSPS) is 16.3. The van der Waals surface area contributed by atoms with Crippen molar-refractivity contribution in [2.75, 3.05) is 37.0 Å². The van der Waals surface area contributed by atoms with Gasteiger partial charge in [0.25, 0.3) is 0 Å². The van der Waals surface area contributed by atoms with Crippen LogP contribution in [0.4, 0.5) is 17.5 Å². The first-order valence-electron chi connectivity index (χ1n) is 14.2. The first kappa shape index (κ1) is 34.3. The second kappa shape index (κ2) is 13.6. The molecule has 0 saturated heterocycles. The van der Waals surface area contributed by atoms with E-state index < -0.39 is 13.7 Å². The summed E-state index contributed by atoms with van der Waals surface area (Å²) in [5.41, 5.74) is 4.12. The van der Waals surface area contributed by atoms with Gasteiger partial charge in [0.05, 0.1) is 17.0 Å². The summed E-state index contributed by atoms with van der Waals surface area (Å²) in [5.74, 6) is 1.22. The highest BCUT2D eigenvalue weighted by molar-refractivity contribution is 7.59. The molecule has 4 rings (SSSR count). The summed E-state index contributed by atoms with van der Waals surface area (Å²) in [5, 5.41) is 18.1.